The zero-order valence-corrected chi connectivity index (χ0v) is 13.3. The van der Waals surface area contributed by atoms with E-state index in [9.17, 15) is 4.79 Å². The van der Waals surface area contributed by atoms with Crippen LogP contribution in [0.5, 0.6) is 11.5 Å². The van der Waals surface area contributed by atoms with Gasteiger partial charge in [-0.2, -0.15) is 0 Å². The first-order chi connectivity index (χ1) is 11.2. The minimum atomic E-state index is -0.744. The lowest BCUT2D eigenvalue weighted by atomic mass is 10.0. The van der Waals surface area contributed by atoms with Crippen molar-refractivity contribution in [3.63, 3.8) is 0 Å². The van der Waals surface area contributed by atoms with Crippen molar-refractivity contribution in [1.82, 2.24) is 0 Å². The molecule has 0 aliphatic carbocycles. The van der Waals surface area contributed by atoms with Crippen molar-refractivity contribution in [2.45, 2.75) is 19.1 Å². The molecule has 0 radical (unpaired) electrons. The number of benzene rings is 2. The van der Waals surface area contributed by atoms with Crippen LogP contribution in [0, 0.1) is 0 Å². The monoisotopic (exact) mass is 315 g/mol. The molecule has 0 spiro atoms. The Bertz CT molecular complexity index is 643. The molecule has 0 amide bonds. The van der Waals surface area contributed by atoms with Gasteiger partial charge in [0.15, 0.2) is 11.5 Å². The predicted molar refractivity (Wildman–Crippen MR) is 87.5 cm³/mol. The van der Waals surface area contributed by atoms with E-state index >= 15 is 0 Å². The molecule has 23 heavy (non-hydrogen) atoms. The molecular formula is C18H21NO4. The molecule has 0 fully saturated rings. The molecule has 0 aliphatic rings. The fourth-order valence-electron chi connectivity index (χ4n) is 2.25. The highest BCUT2D eigenvalue weighted by Gasteiger charge is 2.19. The van der Waals surface area contributed by atoms with Gasteiger partial charge in [0, 0.05) is 12.0 Å². The lowest BCUT2D eigenvalue weighted by molar-refractivity contribution is -0.142. The highest BCUT2D eigenvalue weighted by Crippen LogP contribution is 2.32. The van der Waals surface area contributed by atoms with E-state index in [-0.39, 0.29) is 0 Å². The second kappa shape index (κ2) is 8.19. The number of ether oxygens (including phenoxy) is 3. The molecule has 2 aromatic rings. The fourth-order valence-corrected chi connectivity index (χ4v) is 2.25. The van der Waals surface area contributed by atoms with Gasteiger partial charge < -0.3 is 19.9 Å². The topological polar surface area (TPSA) is 70.8 Å². The first-order valence-electron chi connectivity index (χ1n) is 7.31. The average molecular weight is 315 g/mol. The van der Waals surface area contributed by atoms with Crippen LogP contribution in [0.2, 0.25) is 0 Å². The Labute approximate surface area is 136 Å². The predicted octanol–water partition coefficient (Wildman–Crippen LogP) is 2.32. The summed E-state index contributed by atoms with van der Waals surface area (Å²) < 4.78 is 16.0. The maximum Gasteiger partial charge on any atom is 0.322 e. The lowest BCUT2D eigenvalue weighted by Gasteiger charge is -2.17. The molecule has 1 atom stereocenters. The van der Waals surface area contributed by atoms with Gasteiger partial charge in [-0.3, -0.25) is 4.79 Å². The SMILES string of the molecule is COC(=O)C(N)Cc1cccc(OC)c1OCc1ccccc1. The van der Waals surface area contributed by atoms with Crippen LogP contribution < -0.4 is 15.2 Å². The molecule has 1 unspecified atom stereocenters. The van der Waals surface area contributed by atoms with E-state index in [1.54, 1.807) is 7.11 Å². The third-order valence-electron chi connectivity index (χ3n) is 3.45. The standard InChI is InChI=1S/C18H21NO4/c1-21-16-10-6-9-14(11-15(19)18(20)22-2)17(16)23-12-13-7-4-3-5-8-13/h3-10,15H,11-12,19H2,1-2H3. The summed E-state index contributed by atoms with van der Waals surface area (Å²) in [4.78, 5) is 11.5. The Kier molecular flexibility index (Phi) is 6.00. The zero-order valence-electron chi connectivity index (χ0n) is 13.3. The van der Waals surface area contributed by atoms with Crippen molar-refractivity contribution in [2.75, 3.05) is 14.2 Å². The molecular weight excluding hydrogens is 294 g/mol. The summed E-state index contributed by atoms with van der Waals surface area (Å²) in [5, 5.41) is 0. The maximum atomic E-state index is 11.5. The van der Waals surface area contributed by atoms with Gasteiger partial charge in [0.05, 0.1) is 14.2 Å². The molecule has 2 N–H and O–H groups in total. The second-order valence-electron chi connectivity index (χ2n) is 5.06. The van der Waals surface area contributed by atoms with Crippen LogP contribution in [0.25, 0.3) is 0 Å². The molecule has 0 saturated carbocycles. The lowest BCUT2D eigenvalue weighted by Crippen LogP contribution is -2.33. The van der Waals surface area contributed by atoms with E-state index in [2.05, 4.69) is 4.74 Å². The molecule has 0 bridgehead atoms. The van der Waals surface area contributed by atoms with E-state index in [1.165, 1.54) is 7.11 Å². The van der Waals surface area contributed by atoms with Crippen LogP contribution in [-0.4, -0.2) is 26.2 Å². The Morgan fingerprint density at radius 1 is 1.09 bits per heavy atom. The van der Waals surface area contributed by atoms with E-state index in [4.69, 9.17) is 15.2 Å². The van der Waals surface area contributed by atoms with Gasteiger partial charge in [-0.1, -0.05) is 42.5 Å². The number of rotatable bonds is 7. The number of esters is 1. The molecule has 0 saturated heterocycles. The molecule has 2 rings (SSSR count). The maximum absolute atomic E-state index is 11.5. The number of para-hydroxylation sites is 1. The summed E-state index contributed by atoms with van der Waals surface area (Å²) in [7, 11) is 2.90. The van der Waals surface area contributed by atoms with Gasteiger partial charge in [-0.25, -0.2) is 0 Å². The first kappa shape index (κ1) is 16.8. The van der Waals surface area contributed by atoms with Crippen molar-refractivity contribution < 1.29 is 19.0 Å². The summed E-state index contributed by atoms with van der Waals surface area (Å²) in [6, 6.07) is 14.6. The Balaban J connectivity index is 2.20. The van der Waals surface area contributed by atoms with Crippen molar-refractivity contribution >= 4 is 5.97 Å². The molecule has 122 valence electrons. The Morgan fingerprint density at radius 3 is 2.48 bits per heavy atom. The summed E-state index contributed by atoms with van der Waals surface area (Å²) >= 11 is 0. The van der Waals surface area contributed by atoms with Gasteiger partial charge in [-0.05, 0) is 11.6 Å². The van der Waals surface area contributed by atoms with Gasteiger partial charge in [-0.15, -0.1) is 0 Å². The third kappa shape index (κ3) is 4.47. The average Bonchev–Trinajstić information content (AvgIpc) is 2.60. The van der Waals surface area contributed by atoms with Crippen LogP contribution in [-0.2, 0) is 22.6 Å². The minimum absolute atomic E-state index is 0.313. The van der Waals surface area contributed by atoms with E-state index < -0.39 is 12.0 Å². The van der Waals surface area contributed by atoms with Crippen molar-refractivity contribution in [2.24, 2.45) is 5.73 Å². The number of methoxy groups -OCH3 is 2. The van der Waals surface area contributed by atoms with Crippen LogP contribution in [0.1, 0.15) is 11.1 Å². The Hall–Kier alpha value is -2.53. The smallest absolute Gasteiger partial charge is 0.322 e. The summed E-state index contributed by atoms with van der Waals surface area (Å²) in [6.07, 6.45) is 0.313. The molecule has 2 aromatic carbocycles. The van der Waals surface area contributed by atoms with Gasteiger partial charge >= 0.3 is 5.97 Å². The second-order valence-corrected chi connectivity index (χ2v) is 5.06. The quantitative estimate of drug-likeness (QED) is 0.794. The van der Waals surface area contributed by atoms with Crippen molar-refractivity contribution in [3.05, 3.63) is 59.7 Å². The fraction of sp³-hybridized carbons (Fsp3) is 0.278. The van der Waals surface area contributed by atoms with Crippen LogP contribution in [0.4, 0.5) is 0 Å². The molecule has 5 heteroatoms. The number of hydrogen-bond donors (Lipinski definition) is 1. The van der Waals surface area contributed by atoms with Crippen LogP contribution >= 0.6 is 0 Å². The number of carbonyl (C=O) groups is 1. The van der Waals surface area contributed by atoms with Gasteiger partial charge in [0.1, 0.15) is 12.6 Å². The van der Waals surface area contributed by atoms with Crippen LogP contribution in [0.15, 0.2) is 48.5 Å². The van der Waals surface area contributed by atoms with E-state index in [1.807, 2.05) is 48.5 Å². The number of hydrogen-bond acceptors (Lipinski definition) is 5. The van der Waals surface area contributed by atoms with E-state index in [0.29, 0.717) is 24.5 Å². The summed E-state index contributed by atoms with van der Waals surface area (Å²) in [6.45, 7) is 0.404. The van der Waals surface area contributed by atoms with Gasteiger partial charge in [0.25, 0.3) is 0 Å². The van der Waals surface area contributed by atoms with Gasteiger partial charge in [0.2, 0.25) is 0 Å². The highest BCUT2D eigenvalue weighted by molar-refractivity contribution is 5.76. The number of carbonyl (C=O) groups excluding carboxylic acids is 1. The van der Waals surface area contributed by atoms with Crippen LogP contribution in [0.3, 0.4) is 0 Å². The highest BCUT2D eigenvalue weighted by atomic mass is 16.5. The molecule has 5 nitrogen and oxygen atoms in total. The third-order valence-corrected chi connectivity index (χ3v) is 3.45. The van der Waals surface area contributed by atoms with Crippen molar-refractivity contribution in [1.29, 1.82) is 0 Å². The Morgan fingerprint density at radius 2 is 1.83 bits per heavy atom. The normalized spacial score (nSPS) is 11.6. The molecule has 0 aliphatic heterocycles. The largest absolute Gasteiger partial charge is 0.493 e. The molecule has 0 heterocycles. The van der Waals surface area contributed by atoms with E-state index in [0.717, 1.165) is 11.1 Å². The first-order valence-corrected chi connectivity index (χ1v) is 7.31. The summed E-state index contributed by atoms with van der Waals surface area (Å²) in [5.41, 5.74) is 7.70. The minimum Gasteiger partial charge on any atom is -0.493 e. The zero-order chi connectivity index (χ0) is 16.7. The summed E-state index contributed by atoms with van der Waals surface area (Å²) in [5.74, 6) is 0.746. The molecule has 0 aromatic heterocycles. The van der Waals surface area contributed by atoms with Crippen molar-refractivity contribution in [3.8, 4) is 11.5 Å². The number of nitrogens with two attached hydrogens (primary N) is 1.